The molecule has 0 fully saturated rings. The lowest BCUT2D eigenvalue weighted by molar-refractivity contribution is -0.137. The quantitative estimate of drug-likeness (QED) is 0.536. The maximum Gasteiger partial charge on any atom is 0.421 e. The highest BCUT2D eigenvalue weighted by atomic mass is 19.4. The fourth-order valence-electron chi connectivity index (χ4n) is 2.94. The van der Waals surface area contributed by atoms with E-state index in [1.54, 1.807) is 13.0 Å². The Morgan fingerprint density at radius 3 is 2.52 bits per heavy atom. The lowest BCUT2D eigenvalue weighted by Gasteiger charge is -2.16. The molecule has 0 amide bonds. The molecule has 3 rings (SSSR count). The van der Waals surface area contributed by atoms with Crippen LogP contribution in [0.15, 0.2) is 24.4 Å². The number of aromatic nitrogens is 4. The predicted molar refractivity (Wildman–Crippen MR) is 105 cm³/mol. The number of methoxy groups -OCH3 is 2. The molecular formula is C19H20F4N6O2. The third-order valence-corrected chi connectivity index (χ3v) is 4.27. The van der Waals surface area contributed by atoms with E-state index in [4.69, 9.17) is 9.47 Å². The zero-order valence-electron chi connectivity index (χ0n) is 17.1. The third-order valence-electron chi connectivity index (χ3n) is 4.27. The monoisotopic (exact) mass is 440 g/mol. The number of ether oxygens (including phenoxy) is 2. The minimum atomic E-state index is -4.62. The Balaban J connectivity index is 2.00. The van der Waals surface area contributed by atoms with E-state index < -0.39 is 23.4 Å². The summed E-state index contributed by atoms with van der Waals surface area (Å²) < 4.78 is 65.9. The van der Waals surface area contributed by atoms with Crippen LogP contribution < -0.4 is 15.4 Å². The lowest BCUT2D eigenvalue weighted by Crippen LogP contribution is -2.13. The maximum atomic E-state index is 15.0. The average Bonchev–Trinajstić information content (AvgIpc) is 3.07. The summed E-state index contributed by atoms with van der Waals surface area (Å²) in [6, 6.07) is 4.30. The van der Waals surface area contributed by atoms with Gasteiger partial charge in [0, 0.05) is 32.5 Å². The summed E-state index contributed by atoms with van der Waals surface area (Å²) in [5.74, 6) is -1.03. The molecular weight excluding hydrogens is 420 g/mol. The molecule has 0 saturated heterocycles. The summed E-state index contributed by atoms with van der Waals surface area (Å²) in [6.45, 7) is 1.98. The Morgan fingerprint density at radius 2 is 1.90 bits per heavy atom. The van der Waals surface area contributed by atoms with Gasteiger partial charge < -0.3 is 20.1 Å². The van der Waals surface area contributed by atoms with Crippen molar-refractivity contribution in [3.05, 3.63) is 47.2 Å². The average molecular weight is 440 g/mol. The summed E-state index contributed by atoms with van der Waals surface area (Å²) in [6.07, 6.45) is -3.98. The molecule has 0 atom stereocenters. The Hall–Kier alpha value is -3.41. The minimum Gasteiger partial charge on any atom is -0.494 e. The van der Waals surface area contributed by atoms with Crippen LogP contribution in [0.4, 0.5) is 35.0 Å². The highest BCUT2D eigenvalue weighted by Crippen LogP contribution is 2.35. The topological polar surface area (TPSA) is 86.1 Å². The number of hydrogen-bond donors (Lipinski definition) is 2. The number of alkyl halides is 3. The molecule has 3 aromatic rings. The fraction of sp³-hybridized carbons (Fsp3) is 0.316. The highest BCUT2D eigenvalue weighted by Gasteiger charge is 2.35. The second kappa shape index (κ2) is 8.76. The number of halogens is 4. The molecule has 2 aromatic heterocycles. The molecule has 0 aliphatic rings. The van der Waals surface area contributed by atoms with Crippen molar-refractivity contribution in [2.24, 2.45) is 0 Å². The predicted octanol–water partition coefficient (Wildman–Crippen LogP) is 4.07. The summed E-state index contributed by atoms with van der Waals surface area (Å²) >= 11 is 0. The fourth-order valence-corrected chi connectivity index (χ4v) is 2.94. The Labute approximate surface area is 175 Å². The molecule has 0 aliphatic carbocycles. The molecule has 0 radical (unpaired) electrons. The van der Waals surface area contributed by atoms with Crippen molar-refractivity contribution >= 4 is 17.5 Å². The second-order valence-corrected chi connectivity index (χ2v) is 6.45. The van der Waals surface area contributed by atoms with Crippen LogP contribution in [0.5, 0.6) is 5.75 Å². The third kappa shape index (κ3) is 4.68. The largest absolute Gasteiger partial charge is 0.494 e. The van der Waals surface area contributed by atoms with Gasteiger partial charge in [-0.1, -0.05) is 0 Å². The van der Waals surface area contributed by atoms with Crippen LogP contribution in [0.1, 0.15) is 17.0 Å². The summed E-state index contributed by atoms with van der Waals surface area (Å²) in [5, 5.41) is 9.36. The van der Waals surface area contributed by atoms with E-state index in [0.717, 1.165) is 6.07 Å². The highest BCUT2D eigenvalue weighted by molar-refractivity contribution is 5.66. The van der Waals surface area contributed by atoms with Crippen molar-refractivity contribution in [1.82, 2.24) is 19.7 Å². The van der Waals surface area contributed by atoms with E-state index in [-0.39, 0.29) is 29.7 Å². The molecule has 12 heteroatoms. The Morgan fingerprint density at radius 1 is 1.16 bits per heavy atom. The number of anilines is 3. The number of aryl methyl sites for hydroxylation is 1. The van der Waals surface area contributed by atoms with Crippen molar-refractivity contribution in [1.29, 1.82) is 0 Å². The van der Waals surface area contributed by atoms with Crippen molar-refractivity contribution in [2.45, 2.75) is 19.7 Å². The van der Waals surface area contributed by atoms with E-state index in [1.165, 1.54) is 32.0 Å². The normalized spacial score (nSPS) is 11.5. The van der Waals surface area contributed by atoms with Gasteiger partial charge in [-0.15, -0.1) is 0 Å². The zero-order chi connectivity index (χ0) is 22.8. The van der Waals surface area contributed by atoms with Gasteiger partial charge in [0.1, 0.15) is 22.8 Å². The second-order valence-electron chi connectivity index (χ2n) is 6.45. The van der Waals surface area contributed by atoms with Crippen molar-refractivity contribution in [3.8, 4) is 11.4 Å². The van der Waals surface area contributed by atoms with Crippen LogP contribution in [-0.2, 0) is 17.5 Å². The van der Waals surface area contributed by atoms with E-state index in [1.807, 2.05) is 0 Å². The van der Waals surface area contributed by atoms with Crippen LogP contribution in [0.2, 0.25) is 0 Å². The molecule has 0 saturated carbocycles. The van der Waals surface area contributed by atoms with Gasteiger partial charge in [-0.3, -0.25) is 0 Å². The van der Waals surface area contributed by atoms with Crippen LogP contribution in [0, 0.1) is 12.7 Å². The Kier molecular flexibility index (Phi) is 6.29. The van der Waals surface area contributed by atoms with Crippen molar-refractivity contribution < 1.29 is 27.0 Å². The first kappa shape index (κ1) is 22.3. The molecule has 0 bridgehead atoms. The van der Waals surface area contributed by atoms with Crippen molar-refractivity contribution in [2.75, 3.05) is 31.9 Å². The smallest absolute Gasteiger partial charge is 0.421 e. The van der Waals surface area contributed by atoms with E-state index in [0.29, 0.717) is 17.6 Å². The molecule has 0 unspecified atom stereocenters. The number of rotatable bonds is 7. The first-order valence-electron chi connectivity index (χ1n) is 8.99. The molecule has 2 heterocycles. The van der Waals surface area contributed by atoms with E-state index in [9.17, 15) is 17.6 Å². The number of nitrogens with one attached hydrogen (secondary N) is 2. The van der Waals surface area contributed by atoms with Gasteiger partial charge in [0.2, 0.25) is 5.95 Å². The molecule has 0 spiro atoms. The summed E-state index contributed by atoms with van der Waals surface area (Å²) in [4.78, 5) is 7.50. The van der Waals surface area contributed by atoms with Crippen LogP contribution >= 0.6 is 0 Å². The first-order valence-corrected chi connectivity index (χ1v) is 8.99. The number of nitrogens with zero attached hydrogens (tertiary/aromatic N) is 4. The molecule has 166 valence electrons. The van der Waals surface area contributed by atoms with Gasteiger partial charge in [0.25, 0.3) is 0 Å². The van der Waals surface area contributed by atoms with E-state index in [2.05, 4.69) is 25.7 Å². The van der Waals surface area contributed by atoms with Crippen LogP contribution in [-0.4, -0.2) is 41.0 Å². The molecule has 31 heavy (non-hydrogen) atoms. The van der Waals surface area contributed by atoms with E-state index >= 15 is 0 Å². The van der Waals surface area contributed by atoms with Gasteiger partial charge in [-0.05, 0) is 13.0 Å². The maximum absolute atomic E-state index is 15.0. The molecule has 2 N–H and O–H groups in total. The van der Waals surface area contributed by atoms with Crippen molar-refractivity contribution in [3.63, 3.8) is 0 Å². The number of benzene rings is 1. The van der Waals surface area contributed by atoms with Crippen LogP contribution in [0.3, 0.4) is 0 Å². The zero-order valence-corrected chi connectivity index (χ0v) is 17.1. The number of hydrogen-bond acceptors (Lipinski definition) is 7. The first-order chi connectivity index (χ1) is 14.7. The lowest BCUT2D eigenvalue weighted by atomic mass is 10.2. The molecule has 0 aliphatic heterocycles. The van der Waals surface area contributed by atoms with Gasteiger partial charge >= 0.3 is 6.18 Å². The Bertz CT molecular complexity index is 1080. The van der Waals surface area contributed by atoms with Gasteiger partial charge in [0.15, 0.2) is 5.82 Å². The molecule has 8 nitrogen and oxygen atoms in total. The SMILES string of the molecule is CNc1nc(Nc2cc(F)c(-n3nc(C)cc3COC)cc2OC)ncc1C(F)(F)F. The standard InChI is InChI=1S/C19H20F4N6O2/c1-10-5-11(9-30-3)29(28-10)15-7-16(31-4)14(6-13(15)20)26-18-25-8-12(19(21,22)23)17(24-2)27-18/h5-8H,9H2,1-4H3,(H2,24,25,26,27). The minimum absolute atomic E-state index is 0.117. The van der Waals surface area contributed by atoms with Crippen LogP contribution in [0.25, 0.3) is 5.69 Å². The van der Waals surface area contributed by atoms with Gasteiger partial charge in [-0.25, -0.2) is 14.1 Å². The summed E-state index contributed by atoms with van der Waals surface area (Å²) in [5.41, 5.74) is 0.528. The van der Waals surface area contributed by atoms with Gasteiger partial charge in [0.05, 0.1) is 30.8 Å². The summed E-state index contributed by atoms with van der Waals surface area (Å²) in [7, 11) is 4.19. The molecule has 1 aromatic carbocycles. The van der Waals surface area contributed by atoms with Gasteiger partial charge in [-0.2, -0.15) is 23.3 Å².